The second-order valence-electron chi connectivity index (χ2n) is 6.33. The third-order valence-electron chi connectivity index (χ3n) is 3.27. The fourth-order valence-electron chi connectivity index (χ4n) is 2.22. The average molecular weight is 292 g/mol. The van der Waals surface area contributed by atoms with Crippen molar-refractivity contribution in [3.63, 3.8) is 0 Å². The molecular formula is C16H24N2O3. The highest BCUT2D eigenvalue weighted by Crippen LogP contribution is 2.24. The molecule has 0 unspecified atom stereocenters. The molecule has 2 rings (SSSR count). The van der Waals surface area contributed by atoms with E-state index >= 15 is 0 Å². The summed E-state index contributed by atoms with van der Waals surface area (Å²) in [6.07, 6.45) is 1.93. The maximum Gasteiger partial charge on any atom is 0.338 e. The number of esters is 1. The number of ether oxygens (including phenoxy) is 2. The summed E-state index contributed by atoms with van der Waals surface area (Å²) in [4.78, 5) is 12.0. The third kappa shape index (κ3) is 4.63. The monoisotopic (exact) mass is 292 g/mol. The Bertz CT molecular complexity index is 503. The lowest BCUT2D eigenvalue weighted by Crippen LogP contribution is -2.28. The normalized spacial score (nSPS) is 16.5. The number of hydrogen-bond donors (Lipinski definition) is 2. The number of carbonyl (C=O) groups is 1. The van der Waals surface area contributed by atoms with Crippen LogP contribution in [-0.2, 0) is 9.47 Å². The van der Waals surface area contributed by atoms with Crippen LogP contribution in [0.1, 0.15) is 44.0 Å². The van der Waals surface area contributed by atoms with E-state index in [2.05, 4.69) is 5.32 Å². The van der Waals surface area contributed by atoms with Crippen LogP contribution < -0.4 is 11.1 Å². The minimum Gasteiger partial charge on any atom is -0.456 e. The van der Waals surface area contributed by atoms with Crippen LogP contribution in [0.15, 0.2) is 18.2 Å². The van der Waals surface area contributed by atoms with Crippen molar-refractivity contribution in [2.45, 2.75) is 45.3 Å². The van der Waals surface area contributed by atoms with E-state index in [9.17, 15) is 4.79 Å². The Morgan fingerprint density at radius 2 is 2.00 bits per heavy atom. The fourth-order valence-corrected chi connectivity index (χ4v) is 2.22. The molecule has 116 valence electrons. The highest BCUT2D eigenvalue weighted by atomic mass is 16.6. The largest absolute Gasteiger partial charge is 0.456 e. The molecule has 1 aromatic rings. The van der Waals surface area contributed by atoms with Crippen molar-refractivity contribution in [1.82, 2.24) is 0 Å². The van der Waals surface area contributed by atoms with Gasteiger partial charge in [0.2, 0.25) is 0 Å². The topological polar surface area (TPSA) is 73.6 Å². The molecule has 21 heavy (non-hydrogen) atoms. The number of benzene rings is 1. The number of rotatable bonds is 3. The lowest BCUT2D eigenvalue weighted by atomic mass is 10.1. The zero-order chi connectivity index (χ0) is 15.5. The molecule has 0 bridgehead atoms. The van der Waals surface area contributed by atoms with Crippen LogP contribution in [0.3, 0.4) is 0 Å². The number of nitrogen functional groups attached to an aromatic ring is 1. The molecule has 0 saturated carbocycles. The fraction of sp³-hybridized carbons (Fsp3) is 0.562. The van der Waals surface area contributed by atoms with Gasteiger partial charge < -0.3 is 20.5 Å². The van der Waals surface area contributed by atoms with Gasteiger partial charge >= 0.3 is 5.97 Å². The van der Waals surface area contributed by atoms with Crippen molar-refractivity contribution in [3.05, 3.63) is 23.8 Å². The highest BCUT2D eigenvalue weighted by molar-refractivity contribution is 5.92. The van der Waals surface area contributed by atoms with E-state index in [4.69, 9.17) is 15.2 Å². The molecule has 1 aliphatic rings. The first-order valence-electron chi connectivity index (χ1n) is 7.32. The van der Waals surface area contributed by atoms with Crippen LogP contribution in [-0.4, -0.2) is 30.8 Å². The Kier molecular flexibility index (Phi) is 4.73. The van der Waals surface area contributed by atoms with E-state index in [1.165, 1.54) is 0 Å². The Labute approximate surface area is 125 Å². The van der Waals surface area contributed by atoms with E-state index in [0.717, 1.165) is 31.7 Å². The van der Waals surface area contributed by atoms with Crippen LogP contribution in [0, 0.1) is 0 Å². The molecule has 5 heteroatoms. The minimum absolute atomic E-state index is 0.355. The Morgan fingerprint density at radius 1 is 1.33 bits per heavy atom. The van der Waals surface area contributed by atoms with Crippen molar-refractivity contribution >= 4 is 17.3 Å². The molecule has 0 amide bonds. The summed E-state index contributed by atoms with van der Waals surface area (Å²) in [6, 6.07) is 5.61. The van der Waals surface area contributed by atoms with Gasteiger partial charge in [-0.15, -0.1) is 0 Å². The van der Waals surface area contributed by atoms with Crippen LogP contribution in [0.4, 0.5) is 11.4 Å². The summed E-state index contributed by atoms with van der Waals surface area (Å²) in [6.45, 7) is 7.07. The summed E-state index contributed by atoms with van der Waals surface area (Å²) in [5, 5.41) is 3.41. The number of nitrogens with two attached hydrogens (primary N) is 1. The molecule has 0 aliphatic carbocycles. The van der Waals surface area contributed by atoms with Crippen molar-refractivity contribution in [2.75, 3.05) is 24.3 Å². The molecule has 3 N–H and O–H groups in total. The second-order valence-corrected chi connectivity index (χ2v) is 6.33. The van der Waals surface area contributed by atoms with Gasteiger partial charge in [-0.3, -0.25) is 0 Å². The van der Waals surface area contributed by atoms with Gasteiger partial charge in [0.05, 0.1) is 16.9 Å². The van der Waals surface area contributed by atoms with Gasteiger partial charge in [0.25, 0.3) is 0 Å². The summed E-state index contributed by atoms with van der Waals surface area (Å²) < 4.78 is 10.7. The maximum atomic E-state index is 12.0. The summed E-state index contributed by atoms with van der Waals surface area (Å²) in [5.41, 5.74) is 7.42. The van der Waals surface area contributed by atoms with Gasteiger partial charge in [0.1, 0.15) is 5.60 Å². The van der Waals surface area contributed by atoms with Gasteiger partial charge in [-0.25, -0.2) is 4.79 Å². The smallest absolute Gasteiger partial charge is 0.338 e. The molecule has 0 atom stereocenters. The maximum absolute atomic E-state index is 12.0. The van der Waals surface area contributed by atoms with Crippen molar-refractivity contribution in [3.8, 4) is 0 Å². The molecular weight excluding hydrogens is 268 g/mol. The molecule has 0 spiro atoms. The quantitative estimate of drug-likeness (QED) is 0.662. The summed E-state index contributed by atoms with van der Waals surface area (Å²) >= 11 is 0. The molecule has 5 nitrogen and oxygen atoms in total. The minimum atomic E-state index is -0.509. The van der Waals surface area contributed by atoms with E-state index in [0.29, 0.717) is 17.3 Å². The summed E-state index contributed by atoms with van der Waals surface area (Å²) in [7, 11) is 0. The lowest BCUT2D eigenvalue weighted by Gasteiger charge is -2.25. The first kappa shape index (κ1) is 15.6. The van der Waals surface area contributed by atoms with Crippen LogP contribution >= 0.6 is 0 Å². The van der Waals surface area contributed by atoms with Gasteiger partial charge in [-0.2, -0.15) is 0 Å². The predicted octanol–water partition coefficient (Wildman–Crippen LogP) is 2.82. The zero-order valence-corrected chi connectivity index (χ0v) is 12.9. The van der Waals surface area contributed by atoms with Gasteiger partial charge in [0.15, 0.2) is 0 Å². The molecule has 1 heterocycles. The van der Waals surface area contributed by atoms with Gasteiger partial charge in [0, 0.05) is 19.3 Å². The number of anilines is 2. The highest BCUT2D eigenvalue weighted by Gasteiger charge is 2.19. The molecule has 0 radical (unpaired) electrons. The van der Waals surface area contributed by atoms with Crippen LogP contribution in [0.25, 0.3) is 0 Å². The Balaban J connectivity index is 2.04. The number of nitrogens with one attached hydrogen (secondary N) is 1. The predicted molar refractivity (Wildman–Crippen MR) is 83.5 cm³/mol. The zero-order valence-electron chi connectivity index (χ0n) is 12.9. The van der Waals surface area contributed by atoms with E-state index < -0.39 is 5.60 Å². The average Bonchev–Trinajstić information content (AvgIpc) is 2.40. The Hall–Kier alpha value is -1.75. The Morgan fingerprint density at radius 3 is 2.57 bits per heavy atom. The first-order chi connectivity index (χ1) is 9.85. The third-order valence-corrected chi connectivity index (χ3v) is 3.27. The van der Waals surface area contributed by atoms with E-state index in [1.54, 1.807) is 12.1 Å². The van der Waals surface area contributed by atoms with Crippen LogP contribution in [0.2, 0.25) is 0 Å². The lowest BCUT2D eigenvalue weighted by molar-refractivity contribution is 0.00696. The number of hydrogen-bond acceptors (Lipinski definition) is 5. The van der Waals surface area contributed by atoms with Gasteiger partial charge in [-0.05, 0) is 51.8 Å². The molecule has 1 saturated heterocycles. The van der Waals surface area contributed by atoms with Crippen LogP contribution in [0.5, 0.6) is 0 Å². The molecule has 1 aromatic carbocycles. The van der Waals surface area contributed by atoms with Crippen molar-refractivity contribution in [2.24, 2.45) is 0 Å². The second kappa shape index (κ2) is 6.35. The molecule has 1 fully saturated rings. The van der Waals surface area contributed by atoms with Crippen molar-refractivity contribution in [1.29, 1.82) is 0 Å². The van der Waals surface area contributed by atoms with Gasteiger partial charge in [-0.1, -0.05) is 0 Å². The first-order valence-corrected chi connectivity index (χ1v) is 7.32. The standard InChI is InChI=1S/C16H24N2O3/c1-16(2,3)21-15(19)11-4-5-14(13(17)10-11)18-12-6-8-20-9-7-12/h4-5,10,12,18H,6-9,17H2,1-3H3. The van der Waals surface area contributed by atoms with E-state index in [1.807, 2.05) is 26.8 Å². The summed E-state index contributed by atoms with van der Waals surface area (Å²) in [5.74, 6) is -0.355. The molecule has 0 aromatic heterocycles. The number of carbonyl (C=O) groups excluding carboxylic acids is 1. The molecule has 1 aliphatic heterocycles. The SMILES string of the molecule is CC(C)(C)OC(=O)c1ccc(NC2CCOCC2)c(N)c1. The van der Waals surface area contributed by atoms with Crippen molar-refractivity contribution < 1.29 is 14.3 Å². The van der Waals surface area contributed by atoms with E-state index in [-0.39, 0.29) is 5.97 Å².